The maximum Gasteiger partial charge on any atom is 0.225 e. The molecule has 1 saturated heterocycles. The molecule has 1 heterocycles. The molecule has 0 radical (unpaired) electrons. The zero-order chi connectivity index (χ0) is 11.6. The number of ether oxygens (including phenoxy) is 1. The van der Waals surface area contributed by atoms with Crippen LogP contribution >= 0.6 is 11.8 Å². The molecule has 0 aromatic carbocycles. The zero-order valence-corrected chi connectivity index (χ0v) is 10.4. The monoisotopic (exact) mass is 247 g/mol. The van der Waals surface area contributed by atoms with Crippen molar-refractivity contribution in [3.63, 3.8) is 0 Å². The van der Waals surface area contributed by atoms with Crippen LogP contribution in [-0.2, 0) is 9.53 Å². The predicted molar refractivity (Wildman–Crippen MR) is 65.6 cm³/mol. The molecular formula is C11H21NO3S. The van der Waals surface area contributed by atoms with Crippen LogP contribution in [-0.4, -0.2) is 48.9 Å². The van der Waals surface area contributed by atoms with Gasteiger partial charge in [0.1, 0.15) is 0 Å². The van der Waals surface area contributed by atoms with Crippen LogP contribution in [0.5, 0.6) is 0 Å². The molecule has 4 nitrogen and oxygen atoms in total. The number of hydrogen-bond acceptors (Lipinski definition) is 4. The second kappa shape index (κ2) is 8.84. The number of aliphatic hydroxyl groups excluding tert-OH is 1. The maximum atomic E-state index is 11.6. The number of amides is 1. The maximum absolute atomic E-state index is 11.6. The zero-order valence-electron chi connectivity index (χ0n) is 9.61. The van der Waals surface area contributed by atoms with Gasteiger partial charge in [-0.3, -0.25) is 4.79 Å². The molecule has 1 aliphatic rings. The summed E-state index contributed by atoms with van der Waals surface area (Å²) in [6.07, 6.45) is 2.77. The Morgan fingerprint density at radius 1 is 1.50 bits per heavy atom. The van der Waals surface area contributed by atoms with Crippen molar-refractivity contribution >= 4 is 17.7 Å². The van der Waals surface area contributed by atoms with E-state index < -0.39 is 0 Å². The van der Waals surface area contributed by atoms with Gasteiger partial charge < -0.3 is 15.2 Å². The highest BCUT2D eigenvalue weighted by Gasteiger charge is 2.20. The van der Waals surface area contributed by atoms with E-state index in [1.165, 1.54) is 0 Å². The molecule has 0 saturated carbocycles. The summed E-state index contributed by atoms with van der Waals surface area (Å²) in [5, 5.41) is 11.5. The van der Waals surface area contributed by atoms with Crippen molar-refractivity contribution in [2.45, 2.75) is 19.3 Å². The smallest absolute Gasteiger partial charge is 0.225 e. The van der Waals surface area contributed by atoms with Gasteiger partial charge in [0.25, 0.3) is 0 Å². The molecule has 0 bridgehead atoms. The third kappa shape index (κ3) is 5.72. The number of carbonyl (C=O) groups excluding carboxylic acids is 1. The molecule has 1 rings (SSSR count). The normalized spacial score (nSPS) is 20.7. The van der Waals surface area contributed by atoms with Crippen LogP contribution in [0.15, 0.2) is 0 Å². The highest BCUT2D eigenvalue weighted by molar-refractivity contribution is 7.99. The summed E-state index contributed by atoms with van der Waals surface area (Å²) in [6, 6.07) is 0. The van der Waals surface area contributed by atoms with E-state index in [4.69, 9.17) is 9.84 Å². The van der Waals surface area contributed by atoms with Gasteiger partial charge in [0.2, 0.25) is 5.91 Å². The second-order valence-corrected chi connectivity index (χ2v) is 5.12. The van der Waals surface area contributed by atoms with E-state index in [0.29, 0.717) is 13.2 Å². The Morgan fingerprint density at radius 3 is 3.06 bits per heavy atom. The fourth-order valence-corrected chi connectivity index (χ4v) is 2.39. The van der Waals surface area contributed by atoms with Gasteiger partial charge >= 0.3 is 0 Å². The highest BCUT2D eigenvalue weighted by atomic mass is 32.2. The van der Waals surface area contributed by atoms with Crippen molar-refractivity contribution in [3.05, 3.63) is 0 Å². The van der Waals surface area contributed by atoms with Crippen LogP contribution in [0.4, 0.5) is 0 Å². The number of hydrogen-bond donors (Lipinski definition) is 2. The first kappa shape index (κ1) is 13.8. The molecule has 1 unspecified atom stereocenters. The van der Waals surface area contributed by atoms with E-state index in [2.05, 4.69) is 5.32 Å². The van der Waals surface area contributed by atoms with E-state index in [1.807, 2.05) is 0 Å². The van der Waals surface area contributed by atoms with Crippen molar-refractivity contribution in [2.24, 2.45) is 5.92 Å². The van der Waals surface area contributed by atoms with Crippen molar-refractivity contribution in [2.75, 3.05) is 37.9 Å². The van der Waals surface area contributed by atoms with Crippen LogP contribution in [0.3, 0.4) is 0 Å². The van der Waals surface area contributed by atoms with Gasteiger partial charge in [-0.05, 0) is 25.0 Å². The predicted octanol–water partition coefficient (Wildman–Crippen LogP) is 0.645. The minimum absolute atomic E-state index is 0.0520. The van der Waals surface area contributed by atoms with Crippen molar-refractivity contribution < 1.29 is 14.6 Å². The Morgan fingerprint density at radius 2 is 2.38 bits per heavy atom. The lowest BCUT2D eigenvalue weighted by Gasteiger charge is -2.21. The minimum Gasteiger partial charge on any atom is -0.396 e. The van der Waals surface area contributed by atoms with E-state index in [0.717, 1.165) is 37.4 Å². The molecule has 0 aromatic heterocycles. The Hall–Kier alpha value is -0.260. The molecule has 0 spiro atoms. The van der Waals surface area contributed by atoms with Crippen LogP contribution < -0.4 is 5.32 Å². The fraction of sp³-hybridized carbons (Fsp3) is 0.909. The highest BCUT2D eigenvalue weighted by Crippen LogP contribution is 2.13. The molecule has 1 aliphatic heterocycles. The molecule has 1 atom stereocenters. The van der Waals surface area contributed by atoms with Gasteiger partial charge in [0.15, 0.2) is 0 Å². The molecular weight excluding hydrogens is 226 g/mol. The number of rotatable bonds is 7. The molecule has 16 heavy (non-hydrogen) atoms. The summed E-state index contributed by atoms with van der Waals surface area (Å²) in [5.74, 6) is 2.05. The van der Waals surface area contributed by atoms with Gasteiger partial charge in [0, 0.05) is 25.5 Å². The van der Waals surface area contributed by atoms with Gasteiger partial charge in [-0.1, -0.05) is 0 Å². The van der Waals surface area contributed by atoms with Gasteiger partial charge in [-0.25, -0.2) is 0 Å². The van der Waals surface area contributed by atoms with E-state index in [-0.39, 0.29) is 18.4 Å². The lowest BCUT2D eigenvalue weighted by Crippen LogP contribution is -2.36. The Labute approximate surface area is 101 Å². The minimum atomic E-state index is 0.0520. The van der Waals surface area contributed by atoms with E-state index in [9.17, 15) is 4.79 Å². The summed E-state index contributed by atoms with van der Waals surface area (Å²) in [4.78, 5) is 11.6. The van der Waals surface area contributed by atoms with Crippen LogP contribution in [0.2, 0.25) is 0 Å². The summed E-state index contributed by atoms with van der Waals surface area (Å²) < 4.78 is 5.27. The van der Waals surface area contributed by atoms with Crippen molar-refractivity contribution in [3.8, 4) is 0 Å². The lowest BCUT2D eigenvalue weighted by molar-refractivity contribution is -0.128. The molecule has 2 N–H and O–H groups in total. The first-order valence-corrected chi connectivity index (χ1v) is 7.04. The van der Waals surface area contributed by atoms with Crippen LogP contribution in [0, 0.1) is 5.92 Å². The van der Waals surface area contributed by atoms with Gasteiger partial charge in [-0.2, -0.15) is 11.8 Å². The average molecular weight is 247 g/mol. The van der Waals surface area contributed by atoms with Crippen molar-refractivity contribution in [1.29, 1.82) is 0 Å². The van der Waals surface area contributed by atoms with E-state index in [1.54, 1.807) is 11.8 Å². The summed E-state index contributed by atoms with van der Waals surface area (Å²) in [6.45, 7) is 2.33. The number of nitrogens with one attached hydrogen (secondary N) is 1. The number of aliphatic hydroxyl groups is 1. The number of thioether (sulfide) groups is 1. The quantitative estimate of drug-likeness (QED) is 0.648. The Kier molecular flexibility index (Phi) is 7.63. The average Bonchev–Trinajstić information content (AvgIpc) is 2.34. The second-order valence-electron chi connectivity index (χ2n) is 3.89. The summed E-state index contributed by atoms with van der Waals surface area (Å²) in [5.41, 5.74) is 0. The van der Waals surface area contributed by atoms with Crippen LogP contribution in [0.25, 0.3) is 0 Å². The van der Waals surface area contributed by atoms with Gasteiger partial charge in [-0.15, -0.1) is 0 Å². The first-order valence-electron chi connectivity index (χ1n) is 5.88. The topological polar surface area (TPSA) is 58.6 Å². The molecule has 5 heteroatoms. The summed E-state index contributed by atoms with van der Waals surface area (Å²) in [7, 11) is 0. The third-order valence-corrected chi connectivity index (χ3v) is 3.59. The van der Waals surface area contributed by atoms with Crippen molar-refractivity contribution in [1.82, 2.24) is 5.32 Å². The Bertz CT molecular complexity index is 196. The first-order chi connectivity index (χ1) is 7.84. The van der Waals surface area contributed by atoms with Gasteiger partial charge in [0.05, 0.1) is 12.5 Å². The third-order valence-electron chi connectivity index (χ3n) is 2.52. The lowest BCUT2D eigenvalue weighted by atomic mass is 10.0. The largest absolute Gasteiger partial charge is 0.396 e. The van der Waals surface area contributed by atoms with E-state index >= 15 is 0 Å². The standard InChI is InChI=1S/C11H21NO3S/c13-5-2-7-16-8-4-12-11(14)10-3-1-6-15-9-10/h10,13H,1-9H2,(H,12,14). The molecule has 0 aliphatic carbocycles. The molecule has 1 amide bonds. The molecule has 94 valence electrons. The van der Waals surface area contributed by atoms with Crippen LogP contribution in [0.1, 0.15) is 19.3 Å². The number of carbonyl (C=O) groups is 1. The Balaban J connectivity index is 1.97. The fourth-order valence-electron chi connectivity index (χ4n) is 1.61. The SMILES string of the molecule is O=C(NCCSCCCO)C1CCCOC1. The summed E-state index contributed by atoms with van der Waals surface area (Å²) >= 11 is 1.76. The molecule has 1 fully saturated rings. The molecule has 0 aromatic rings.